The van der Waals surface area contributed by atoms with Crippen LogP contribution in [0.1, 0.15) is 26.3 Å². The highest BCUT2D eigenvalue weighted by atomic mass is 35.5. The predicted octanol–water partition coefficient (Wildman–Crippen LogP) is 3.16. The summed E-state index contributed by atoms with van der Waals surface area (Å²) in [7, 11) is 0. The molecule has 0 atom stereocenters. The van der Waals surface area contributed by atoms with Gasteiger partial charge in [0.15, 0.2) is 0 Å². The Kier molecular flexibility index (Phi) is 3.07. The van der Waals surface area contributed by atoms with Crippen LogP contribution < -0.4 is 4.90 Å². The van der Waals surface area contributed by atoms with Crippen molar-refractivity contribution in [1.82, 2.24) is 0 Å². The summed E-state index contributed by atoms with van der Waals surface area (Å²) in [5, 5.41) is 0.493. The summed E-state index contributed by atoms with van der Waals surface area (Å²) in [5.41, 5.74) is 0.551. The van der Waals surface area contributed by atoms with Crippen LogP contribution in [0.25, 0.3) is 0 Å². The number of hydrogen-bond donors (Lipinski definition) is 0. The van der Waals surface area contributed by atoms with E-state index >= 15 is 0 Å². The number of hydrogen-bond acceptors (Lipinski definition) is 3. The molecule has 0 saturated heterocycles. The van der Waals surface area contributed by atoms with Crippen molar-refractivity contribution in [3.63, 3.8) is 0 Å². The fraction of sp³-hybridized carbons (Fsp3) is 0.385. The van der Waals surface area contributed by atoms with E-state index in [4.69, 9.17) is 16.3 Å². The van der Waals surface area contributed by atoms with Crippen LogP contribution in [0, 0.1) is 0 Å². The molecule has 0 saturated carbocycles. The molecule has 0 aliphatic carbocycles. The maximum Gasteiger partial charge on any atom is 0.421 e. The normalized spacial score (nSPS) is 14.7. The number of carbonyl (C=O) groups is 2. The van der Waals surface area contributed by atoms with E-state index in [1.807, 2.05) is 0 Å². The molecule has 0 spiro atoms. The van der Waals surface area contributed by atoms with Crippen molar-refractivity contribution in [2.45, 2.75) is 32.8 Å². The minimum absolute atomic E-state index is 0.133. The largest absolute Gasteiger partial charge is 0.443 e. The summed E-state index contributed by atoms with van der Waals surface area (Å²) in [6, 6.07) is 5.10. The topological polar surface area (TPSA) is 46.6 Å². The average Bonchev–Trinajstić information content (AvgIpc) is 2.53. The Morgan fingerprint density at radius 2 is 2.06 bits per heavy atom. The number of ether oxygens (including phenoxy) is 1. The molecule has 1 aromatic carbocycles. The van der Waals surface area contributed by atoms with Crippen LogP contribution in [0.3, 0.4) is 0 Å². The van der Waals surface area contributed by atoms with Gasteiger partial charge in [-0.2, -0.15) is 0 Å². The third-order valence-corrected chi connectivity index (χ3v) is 2.84. The van der Waals surface area contributed by atoms with Gasteiger partial charge in [-0.05, 0) is 32.9 Å². The zero-order chi connectivity index (χ0) is 13.5. The summed E-state index contributed by atoms with van der Waals surface area (Å²) in [6.07, 6.45) is -0.526. The Labute approximate surface area is 110 Å². The van der Waals surface area contributed by atoms with Crippen molar-refractivity contribution in [2.24, 2.45) is 0 Å². The molecule has 2 rings (SSSR count). The molecule has 1 heterocycles. The molecule has 1 aliphatic rings. The summed E-state index contributed by atoms with van der Waals surface area (Å²) >= 11 is 6.01. The lowest BCUT2D eigenvalue weighted by Crippen LogP contribution is -2.38. The molecule has 96 valence electrons. The molecule has 0 radical (unpaired) electrons. The second kappa shape index (κ2) is 4.28. The first-order valence-electron chi connectivity index (χ1n) is 5.63. The molecule has 0 N–H and O–H groups in total. The minimum Gasteiger partial charge on any atom is -0.443 e. The van der Waals surface area contributed by atoms with Crippen molar-refractivity contribution >= 4 is 29.3 Å². The molecule has 4 nitrogen and oxygen atoms in total. The molecule has 1 aliphatic heterocycles. The van der Waals surface area contributed by atoms with Crippen LogP contribution >= 0.6 is 11.6 Å². The van der Waals surface area contributed by atoms with E-state index in [0.717, 1.165) is 4.90 Å². The zero-order valence-corrected chi connectivity index (χ0v) is 11.2. The minimum atomic E-state index is -0.659. The van der Waals surface area contributed by atoms with Crippen molar-refractivity contribution in [1.29, 1.82) is 0 Å². The molecule has 2 amide bonds. The number of imide groups is 1. The van der Waals surface area contributed by atoms with Crippen LogP contribution in [-0.4, -0.2) is 17.6 Å². The zero-order valence-electron chi connectivity index (χ0n) is 10.5. The lowest BCUT2D eigenvalue weighted by Gasteiger charge is -2.23. The fourth-order valence-electron chi connectivity index (χ4n) is 1.80. The summed E-state index contributed by atoms with van der Waals surface area (Å²) in [4.78, 5) is 24.9. The van der Waals surface area contributed by atoms with Crippen LogP contribution in [0.4, 0.5) is 10.5 Å². The second-order valence-electron chi connectivity index (χ2n) is 5.12. The summed E-state index contributed by atoms with van der Waals surface area (Å²) in [5.74, 6) is -0.313. The first-order valence-corrected chi connectivity index (χ1v) is 6.01. The second-order valence-corrected chi connectivity index (χ2v) is 5.53. The Bertz CT molecular complexity index is 519. The van der Waals surface area contributed by atoms with E-state index < -0.39 is 11.7 Å². The number of fused-ring (bicyclic) bond motifs is 1. The Morgan fingerprint density at radius 3 is 2.67 bits per heavy atom. The molecular weight excluding hydrogens is 254 g/mol. The van der Waals surface area contributed by atoms with E-state index in [1.54, 1.807) is 39.0 Å². The number of nitrogens with zero attached hydrogens (tertiary/aromatic N) is 1. The van der Waals surface area contributed by atoms with Crippen LogP contribution in [0.5, 0.6) is 0 Å². The van der Waals surface area contributed by atoms with Crippen molar-refractivity contribution < 1.29 is 14.3 Å². The van der Waals surface area contributed by atoms with E-state index in [1.165, 1.54) is 0 Å². The molecule has 5 heteroatoms. The monoisotopic (exact) mass is 267 g/mol. The van der Waals surface area contributed by atoms with Gasteiger partial charge in [0.2, 0.25) is 5.91 Å². The van der Waals surface area contributed by atoms with Gasteiger partial charge in [0.25, 0.3) is 0 Å². The molecule has 0 fully saturated rings. The predicted molar refractivity (Wildman–Crippen MR) is 68.9 cm³/mol. The maximum atomic E-state index is 12.0. The smallest absolute Gasteiger partial charge is 0.421 e. The van der Waals surface area contributed by atoms with Gasteiger partial charge in [-0.1, -0.05) is 17.7 Å². The summed E-state index contributed by atoms with van der Waals surface area (Å²) < 4.78 is 5.21. The maximum absolute atomic E-state index is 12.0. The molecule has 1 aromatic rings. The van der Waals surface area contributed by atoms with Gasteiger partial charge in [0.05, 0.1) is 12.1 Å². The van der Waals surface area contributed by atoms with Crippen molar-refractivity contribution in [2.75, 3.05) is 4.90 Å². The van der Waals surface area contributed by atoms with Crippen LogP contribution in [-0.2, 0) is 16.0 Å². The van der Waals surface area contributed by atoms with Crippen LogP contribution in [0.15, 0.2) is 18.2 Å². The molecule has 0 aromatic heterocycles. The Hall–Kier alpha value is -1.55. The number of rotatable bonds is 0. The first kappa shape index (κ1) is 12.9. The Morgan fingerprint density at radius 1 is 1.39 bits per heavy atom. The standard InChI is InChI=1S/C13H14ClNO3/c1-13(2,3)18-12(17)15-10-6-4-5-9(14)8(10)7-11(15)16/h4-6H,7H2,1-3H3. The SMILES string of the molecule is CC(C)(C)OC(=O)N1C(=O)Cc2c(Cl)cccc21. The average molecular weight is 268 g/mol. The summed E-state index contributed by atoms with van der Waals surface area (Å²) in [6.45, 7) is 5.26. The van der Waals surface area contributed by atoms with Gasteiger partial charge in [-0.3, -0.25) is 4.79 Å². The van der Waals surface area contributed by atoms with Gasteiger partial charge in [0.1, 0.15) is 5.60 Å². The highest BCUT2D eigenvalue weighted by Crippen LogP contribution is 2.34. The molecular formula is C13H14ClNO3. The van der Waals surface area contributed by atoms with Gasteiger partial charge in [-0.15, -0.1) is 0 Å². The van der Waals surface area contributed by atoms with Crippen LogP contribution in [0.2, 0.25) is 5.02 Å². The Balaban J connectivity index is 2.34. The number of anilines is 1. The first-order chi connectivity index (χ1) is 8.29. The highest BCUT2D eigenvalue weighted by molar-refractivity contribution is 6.33. The number of carbonyl (C=O) groups excluding carboxylic acids is 2. The molecule has 18 heavy (non-hydrogen) atoms. The van der Waals surface area contributed by atoms with Gasteiger partial charge in [0, 0.05) is 10.6 Å². The fourth-order valence-corrected chi connectivity index (χ4v) is 2.04. The van der Waals surface area contributed by atoms with Gasteiger partial charge < -0.3 is 4.74 Å². The van der Waals surface area contributed by atoms with E-state index in [-0.39, 0.29) is 12.3 Å². The number of amides is 2. The third kappa shape index (κ3) is 2.34. The van der Waals surface area contributed by atoms with Gasteiger partial charge >= 0.3 is 6.09 Å². The lowest BCUT2D eigenvalue weighted by atomic mass is 10.2. The lowest BCUT2D eigenvalue weighted by molar-refractivity contribution is -0.117. The third-order valence-electron chi connectivity index (χ3n) is 2.49. The van der Waals surface area contributed by atoms with Crippen molar-refractivity contribution in [3.8, 4) is 0 Å². The van der Waals surface area contributed by atoms with Gasteiger partial charge in [-0.25, -0.2) is 9.69 Å². The van der Waals surface area contributed by atoms with E-state index in [9.17, 15) is 9.59 Å². The van der Waals surface area contributed by atoms with E-state index in [0.29, 0.717) is 16.3 Å². The molecule has 0 bridgehead atoms. The highest BCUT2D eigenvalue weighted by Gasteiger charge is 2.36. The number of halogens is 1. The number of benzene rings is 1. The van der Waals surface area contributed by atoms with Crippen molar-refractivity contribution in [3.05, 3.63) is 28.8 Å². The molecule has 0 unspecified atom stereocenters. The quantitative estimate of drug-likeness (QED) is 0.725. The van der Waals surface area contributed by atoms with E-state index in [2.05, 4.69) is 0 Å².